The zero-order chi connectivity index (χ0) is 41.6. The van der Waals surface area contributed by atoms with Crippen molar-refractivity contribution in [3.05, 3.63) is 230 Å². The van der Waals surface area contributed by atoms with Gasteiger partial charge in [-0.15, -0.1) is 0 Å². The standard InChI is InChI=1S/C60H38N2O/c1-2-41(14-11-13-38-25-32-51-50-20-8-10-24-58(50)63-59(51)35-38)61(43-31-33-48-46-17-4-3-15-44(46)45-16-5-6-18-47(45)54(48)37-43)42-29-26-39(27-30-42)40-28-34-57-55(36-40)53-22-12-21-52-49-19-7-9-23-56(49)62(57)60(52)53/h2-37H,1H2/b13-11+,41-14+. The third kappa shape index (κ3) is 5.40. The first kappa shape index (κ1) is 35.4. The van der Waals surface area contributed by atoms with E-state index in [0.717, 1.165) is 50.1 Å². The molecule has 3 heteroatoms. The van der Waals surface area contributed by atoms with Gasteiger partial charge in [-0.05, 0) is 122 Å². The molecule has 0 amide bonds. The number of benzene rings is 10. The highest BCUT2D eigenvalue weighted by molar-refractivity contribution is 6.26. The topological polar surface area (TPSA) is 20.8 Å². The second kappa shape index (κ2) is 13.8. The van der Waals surface area contributed by atoms with Crippen LogP contribution in [0.15, 0.2) is 229 Å². The minimum atomic E-state index is 0.882. The Morgan fingerprint density at radius 2 is 1.00 bits per heavy atom. The maximum Gasteiger partial charge on any atom is 0.136 e. The summed E-state index contributed by atoms with van der Waals surface area (Å²) in [5, 5.41) is 14.9. The molecule has 0 saturated carbocycles. The van der Waals surface area contributed by atoms with Crippen molar-refractivity contribution in [2.24, 2.45) is 0 Å². The fourth-order valence-electron chi connectivity index (χ4n) is 10.2. The number of aromatic nitrogens is 1. The number of rotatable bonds is 7. The largest absolute Gasteiger partial charge is 0.456 e. The molecule has 10 aromatic carbocycles. The lowest BCUT2D eigenvalue weighted by Gasteiger charge is -2.27. The highest BCUT2D eigenvalue weighted by Gasteiger charge is 2.19. The van der Waals surface area contributed by atoms with E-state index in [1.807, 2.05) is 18.2 Å². The zero-order valence-electron chi connectivity index (χ0n) is 34.3. The maximum absolute atomic E-state index is 6.22. The molecule has 0 N–H and O–H groups in total. The normalized spacial score (nSPS) is 12.5. The van der Waals surface area contributed by atoms with Crippen molar-refractivity contribution >= 4 is 110 Å². The molecule has 3 nitrogen and oxygen atoms in total. The molecule has 3 aromatic heterocycles. The minimum absolute atomic E-state index is 0.882. The molecule has 0 aliphatic heterocycles. The lowest BCUT2D eigenvalue weighted by atomic mass is 9.94. The van der Waals surface area contributed by atoms with Crippen molar-refractivity contribution in [1.29, 1.82) is 0 Å². The Morgan fingerprint density at radius 3 is 1.76 bits per heavy atom. The van der Waals surface area contributed by atoms with Crippen LogP contribution in [0, 0.1) is 0 Å². The molecule has 0 aliphatic carbocycles. The maximum atomic E-state index is 6.22. The first-order valence-corrected chi connectivity index (χ1v) is 21.5. The summed E-state index contributed by atoms with van der Waals surface area (Å²) in [6, 6.07) is 70.3. The first-order valence-electron chi connectivity index (χ1n) is 21.5. The molecule has 63 heavy (non-hydrogen) atoms. The minimum Gasteiger partial charge on any atom is -0.456 e. The SMILES string of the molecule is C=C/C(=C\C=C\c1ccc2c(c1)oc1ccccc12)N(c1ccc(-c2ccc3c(c2)c2cccc4c5ccccc5n3c42)cc1)c1ccc2c3ccccc3c3ccccc3c2c1. The number of furan rings is 1. The van der Waals surface area contributed by atoms with E-state index >= 15 is 0 Å². The van der Waals surface area contributed by atoms with E-state index in [1.165, 1.54) is 76.0 Å². The van der Waals surface area contributed by atoms with Gasteiger partial charge in [0.05, 0.1) is 16.6 Å². The summed E-state index contributed by atoms with van der Waals surface area (Å²) in [5.41, 5.74) is 12.0. The average Bonchev–Trinajstić information content (AvgIpc) is 4.01. The van der Waals surface area contributed by atoms with E-state index in [4.69, 9.17) is 4.42 Å². The highest BCUT2D eigenvalue weighted by Crippen LogP contribution is 2.42. The Hall–Kier alpha value is -8.40. The van der Waals surface area contributed by atoms with E-state index in [2.05, 4.69) is 216 Å². The third-order valence-corrected chi connectivity index (χ3v) is 13.1. The predicted molar refractivity (Wildman–Crippen MR) is 269 cm³/mol. The van der Waals surface area contributed by atoms with Crippen LogP contribution in [0.1, 0.15) is 5.56 Å². The van der Waals surface area contributed by atoms with Crippen molar-refractivity contribution in [1.82, 2.24) is 4.40 Å². The molecule has 3 heterocycles. The van der Waals surface area contributed by atoms with E-state index in [0.29, 0.717) is 0 Å². The van der Waals surface area contributed by atoms with E-state index in [9.17, 15) is 0 Å². The molecule has 0 saturated heterocycles. The van der Waals surface area contributed by atoms with Crippen molar-refractivity contribution in [3.8, 4) is 11.1 Å². The Morgan fingerprint density at radius 1 is 0.429 bits per heavy atom. The smallest absolute Gasteiger partial charge is 0.136 e. The van der Waals surface area contributed by atoms with Gasteiger partial charge in [0, 0.05) is 49.4 Å². The molecule has 13 rings (SSSR count). The summed E-state index contributed by atoms with van der Waals surface area (Å²) in [4.78, 5) is 2.31. The van der Waals surface area contributed by atoms with Gasteiger partial charge in [0.1, 0.15) is 11.2 Å². The van der Waals surface area contributed by atoms with Gasteiger partial charge >= 0.3 is 0 Å². The molecule has 0 aliphatic rings. The summed E-state index contributed by atoms with van der Waals surface area (Å²) in [7, 11) is 0. The Kier molecular flexibility index (Phi) is 7.76. The zero-order valence-corrected chi connectivity index (χ0v) is 34.3. The van der Waals surface area contributed by atoms with Gasteiger partial charge in [0.2, 0.25) is 0 Å². The molecular formula is C60H38N2O. The quantitative estimate of drug-likeness (QED) is 0.118. The van der Waals surface area contributed by atoms with Crippen LogP contribution in [0.25, 0.3) is 110 Å². The molecule has 0 fully saturated rings. The number of fused-ring (bicyclic) bond motifs is 15. The fraction of sp³-hybridized carbons (Fsp3) is 0. The van der Waals surface area contributed by atoms with Crippen molar-refractivity contribution in [3.63, 3.8) is 0 Å². The first-order chi connectivity index (χ1) is 31.2. The average molecular weight is 803 g/mol. The highest BCUT2D eigenvalue weighted by atomic mass is 16.3. The van der Waals surface area contributed by atoms with E-state index in [1.54, 1.807) is 0 Å². The van der Waals surface area contributed by atoms with Gasteiger partial charge in [-0.25, -0.2) is 0 Å². The van der Waals surface area contributed by atoms with Crippen LogP contribution in [0.2, 0.25) is 0 Å². The van der Waals surface area contributed by atoms with Crippen LogP contribution in [-0.2, 0) is 0 Å². The van der Waals surface area contributed by atoms with Gasteiger partial charge in [-0.1, -0.05) is 152 Å². The second-order valence-electron chi connectivity index (χ2n) is 16.5. The number of nitrogens with zero attached hydrogens (tertiary/aromatic N) is 2. The molecule has 13 aromatic rings. The molecule has 0 spiro atoms. The van der Waals surface area contributed by atoms with Gasteiger partial charge in [0.15, 0.2) is 0 Å². The Bertz CT molecular complexity index is 4010. The van der Waals surface area contributed by atoms with Crippen LogP contribution in [0.5, 0.6) is 0 Å². The Labute approximate surface area is 363 Å². The molecule has 0 unspecified atom stereocenters. The molecule has 0 radical (unpaired) electrons. The third-order valence-electron chi connectivity index (χ3n) is 13.1. The van der Waals surface area contributed by atoms with Crippen LogP contribution in [0.4, 0.5) is 11.4 Å². The van der Waals surface area contributed by atoms with Gasteiger partial charge in [-0.3, -0.25) is 0 Å². The molecule has 294 valence electrons. The lowest BCUT2D eigenvalue weighted by Crippen LogP contribution is -2.15. The van der Waals surface area contributed by atoms with Crippen LogP contribution < -0.4 is 4.90 Å². The predicted octanol–water partition coefficient (Wildman–Crippen LogP) is 16.8. The fourth-order valence-corrected chi connectivity index (χ4v) is 10.2. The summed E-state index contributed by atoms with van der Waals surface area (Å²) >= 11 is 0. The van der Waals surface area contributed by atoms with Crippen molar-refractivity contribution in [2.45, 2.75) is 0 Å². The molecular weight excluding hydrogens is 765 g/mol. The summed E-state index contributed by atoms with van der Waals surface area (Å²) in [6.07, 6.45) is 8.33. The summed E-state index contributed by atoms with van der Waals surface area (Å²) < 4.78 is 8.65. The van der Waals surface area contributed by atoms with E-state index < -0.39 is 0 Å². The number of hydrogen-bond donors (Lipinski definition) is 0. The number of para-hydroxylation sites is 3. The monoisotopic (exact) mass is 802 g/mol. The summed E-state index contributed by atoms with van der Waals surface area (Å²) in [6.45, 7) is 4.36. The molecule has 0 atom stereocenters. The van der Waals surface area contributed by atoms with Crippen molar-refractivity contribution in [2.75, 3.05) is 4.90 Å². The number of anilines is 2. The van der Waals surface area contributed by atoms with Gasteiger partial charge < -0.3 is 13.7 Å². The van der Waals surface area contributed by atoms with Crippen LogP contribution in [0.3, 0.4) is 0 Å². The van der Waals surface area contributed by atoms with Gasteiger partial charge in [0.25, 0.3) is 0 Å². The lowest BCUT2D eigenvalue weighted by molar-refractivity contribution is 0.669. The number of hydrogen-bond acceptors (Lipinski definition) is 2. The Balaban J connectivity index is 0.934. The van der Waals surface area contributed by atoms with Gasteiger partial charge in [-0.2, -0.15) is 0 Å². The van der Waals surface area contributed by atoms with E-state index in [-0.39, 0.29) is 0 Å². The second-order valence-corrected chi connectivity index (χ2v) is 16.5. The van der Waals surface area contributed by atoms with Crippen LogP contribution >= 0.6 is 0 Å². The van der Waals surface area contributed by atoms with Crippen LogP contribution in [-0.4, -0.2) is 4.40 Å². The van der Waals surface area contributed by atoms with Crippen molar-refractivity contribution < 1.29 is 4.42 Å². The summed E-state index contributed by atoms with van der Waals surface area (Å²) in [5.74, 6) is 0. The number of allylic oxidation sites excluding steroid dienone is 3. The molecule has 0 bridgehead atoms.